The molecule has 0 unspecified atom stereocenters. The first-order valence-corrected chi connectivity index (χ1v) is 13.1. The monoisotopic (exact) mass is 402 g/mol. The predicted octanol–water partition coefficient (Wildman–Crippen LogP) is 9.32. The van der Waals surface area contributed by atoms with E-state index in [1.165, 1.54) is 126 Å². The van der Waals surface area contributed by atoms with Gasteiger partial charge in [-0.05, 0) is 55.2 Å². The number of aromatic hydroxyl groups is 1. The Labute approximate surface area is 182 Å². The van der Waals surface area contributed by atoms with E-state index in [1.807, 2.05) is 0 Å². The Balaban J connectivity index is 2.51. The van der Waals surface area contributed by atoms with Crippen molar-refractivity contribution in [2.45, 2.75) is 143 Å². The zero-order valence-electron chi connectivity index (χ0n) is 20.0. The first-order valence-electron chi connectivity index (χ1n) is 13.1. The van der Waals surface area contributed by atoms with Gasteiger partial charge in [0.05, 0.1) is 0 Å². The number of rotatable bonds is 19. The third-order valence-corrected chi connectivity index (χ3v) is 6.25. The number of hydrogen-bond donors (Lipinski definition) is 1. The van der Waals surface area contributed by atoms with E-state index in [2.05, 4.69) is 32.9 Å². The van der Waals surface area contributed by atoms with Crippen molar-refractivity contribution in [2.75, 3.05) is 0 Å². The van der Waals surface area contributed by atoms with Crippen LogP contribution >= 0.6 is 0 Å². The second-order valence-corrected chi connectivity index (χ2v) is 9.11. The van der Waals surface area contributed by atoms with Crippen molar-refractivity contribution in [1.82, 2.24) is 0 Å². The summed E-state index contributed by atoms with van der Waals surface area (Å²) in [4.78, 5) is 0. The maximum atomic E-state index is 10.8. The molecule has 0 aromatic heterocycles. The third-order valence-electron chi connectivity index (χ3n) is 6.25. The second-order valence-electron chi connectivity index (χ2n) is 9.11. The summed E-state index contributed by atoms with van der Waals surface area (Å²) in [5.74, 6) is 0.604. The highest BCUT2D eigenvalue weighted by Gasteiger charge is 2.10. The first-order chi connectivity index (χ1) is 14.2. The minimum absolute atomic E-state index is 0.604. The molecule has 0 saturated carbocycles. The normalized spacial score (nSPS) is 11.3. The highest BCUT2D eigenvalue weighted by Crippen LogP contribution is 2.29. The summed E-state index contributed by atoms with van der Waals surface area (Å²) in [5, 5.41) is 10.8. The molecule has 0 atom stereocenters. The largest absolute Gasteiger partial charge is 0.507 e. The van der Waals surface area contributed by atoms with Gasteiger partial charge >= 0.3 is 0 Å². The average Bonchev–Trinajstić information content (AvgIpc) is 2.73. The predicted molar refractivity (Wildman–Crippen MR) is 130 cm³/mol. The molecule has 0 fully saturated rings. The van der Waals surface area contributed by atoms with Gasteiger partial charge in [-0.1, -0.05) is 116 Å². The van der Waals surface area contributed by atoms with E-state index < -0.39 is 0 Å². The summed E-state index contributed by atoms with van der Waals surface area (Å²) >= 11 is 0. The Hall–Kier alpha value is -0.980. The maximum Gasteiger partial charge on any atom is 0.121 e. The highest BCUT2D eigenvalue weighted by molar-refractivity contribution is 5.44. The Morgan fingerprint density at radius 3 is 1.34 bits per heavy atom. The van der Waals surface area contributed by atoms with E-state index in [9.17, 15) is 5.11 Å². The van der Waals surface area contributed by atoms with Crippen LogP contribution in [0.3, 0.4) is 0 Å². The van der Waals surface area contributed by atoms with E-state index >= 15 is 0 Å². The van der Waals surface area contributed by atoms with Crippen molar-refractivity contribution < 1.29 is 5.11 Å². The molecule has 168 valence electrons. The molecule has 1 rings (SSSR count). The van der Waals surface area contributed by atoms with Crippen LogP contribution in [0.15, 0.2) is 12.1 Å². The molecule has 0 spiro atoms. The molecule has 1 aromatic rings. The van der Waals surface area contributed by atoms with Crippen LogP contribution in [-0.2, 0) is 19.3 Å². The average molecular weight is 403 g/mol. The quantitative estimate of drug-likeness (QED) is 0.228. The number of benzene rings is 1. The van der Waals surface area contributed by atoms with Gasteiger partial charge in [-0.15, -0.1) is 0 Å². The number of unbranched alkanes of at least 4 members (excludes halogenated alkanes) is 13. The van der Waals surface area contributed by atoms with E-state index in [0.717, 1.165) is 12.8 Å². The van der Waals surface area contributed by atoms with Crippen LogP contribution in [-0.4, -0.2) is 5.11 Å². The molecule has 1 aromatic carbocycles. The molecule has 1 nitrogen and oxygen atoms in total. The van der Waals surface area contributed by atoms with Crippen molar-refractivity contribution in [3.8, 4) is 5.75 Å². The standard InChI is InChI=1S/C28H50O/c1-4-7-10-12-14-16-18-20-25-23-26(21-9-6-3)28(29)27(24-25)22-19-17-15-13-11-8-5-2/h23-24,29H,4-22H2,1-3H3. The molecule has 1 N–H and O–H groups in total. The number of phenols is 1. The molecule has 0 amide bonds. The topological polar surface area (TPSA) is 20.2 Å². The molecule has 29 heavy (non-hydrogen) atoms. The molecule has 0 aliphatic heterocycles. The van der Waals surface area contributed by atoms with Crippen LogP contribution in [0.4, 0.5) is 0 Å². The molecule has 0 aliphatic rings. The van der Waals surface area contributed by atoms with Gasteiger partial charge in [-0.25, -0.2) is 0 Å². The zero-order valence-corrected chi connectivity index (χ0v) is 20.0. The van der Waals surface area contributed by atoms with Crippen LogP contribution in [0, 0.1) is 0 Å². The van der Waals surface area contributed by atoms with Gasteiger partial charge < -0.3 is 5.11 Å². The molecular formula is C28H50O. The lowest BCUT2D eigenvalue weighted by Gasteiger charge is -2.14. The van der Waals surface area contributed by atoms with E-state index in [1.54, 1.807) is 0 Å². The Morgan fingerprint density at radius 2 is 0.862 bits per heavy atom. The van der Waals surface area contributed by atoms with Crippen LogP contribution in [0.25, 0.3) is 0 Å². The van der Waals surface area contributed by atoms with Gasteiger partial charge in [0.1, 0.15) is 5.75 Å². The van der Waals surface area contributed by atoms with Crippen LogP contribution in [0.2, 0.25) is 0 Å². The fourth-order valence-electron chi connectivity index (χ4n) is 4.28. The van der Waals surface area contributed by atoms with E-state index in [4.69, 9.17) is 0 Å². The lowest BCUT2D eigenvalue weighted by Crippen LogP contribution is -1.97. The van der Waals surface area contributed by atoms with Crippen molar-refractivity contribution in [3.05, 3.63) is 28.8 Å². The van der Waals surface area contributed by atoms with Crippen molar-refractivity contribution in [2.24, 2.45) is 0 Å². The molecule has 1 heteroatoms. The van der Waals surface area contributed by atoms with Crippen LogP contribution in [0.5, 0.6) is 5.75 Å². The lowest BCUT2D eigenvalue weighted by molar-refractivity contribution is 0.457. The zero-order chi connectivity index (χ0) is 21.2. The Bertz CT molecular complexity index is 505. The molecule has 0 saturated heterocycles. The van der Waals surface area contributed by atoms with Gasteiger partial charge in [0, 0.05) is 0 Å². The van der Waals surface area contributed by atoms with Gasteiger partial charge in [0.2, 0.25) is 0 Å². The number of phenolic OH excluding ortho intramolecular Hbond substituents is 1. The van der Waals surface area contributed by atoms with Crippen LogP contribution in [0.1, 0.15) is 140 Å². The van der Waals surface area contributed by atoms with Crippen molar-refractivity contribution in [1.29, 1.82) is 0 Å². The van der Waals surface area contributed by atoms with Crippen molar-refractivity contribution >= 4 is 0 Å². The SMILES string of the molecule is CCCCCCCCCc1cc(CCCC)c(O)c(CCCCCCCCC)c1. The Morgan fingerprint density at radius 1 is 0.483 bits per heavy atom. The van der Waals surface area contributed by atoms with Gasteiger partial charge in [0.25, 0.3) is 0 Å². The molecular weight excluding hydrogens is 352 g/mol. The smallest absolute Gasteiger partial charge is 0.121 e. The van der Waals surface area contributed by atoms with E-state index in [0.29, 0.717) is 5.75 Å². The highest BCUT2D eigenvalue weighted by atomic mass is 16.3. The molecule has 0 aliphatic carbocycles. The minimum atomic E-state index is 0.604. The number of aryl methyl sites for hydroxylation is 3. The van der Waals surface area contributed by atoms with Gasteiger partial charge in [-0.2, -0.15) is 0 Å². The summed E-state index contributed by atoms with van der Waals surface area (Å²) in [7, 11) is 0. The maximum absolute atomic E-state index is 10.8. The minimum Gasteiger partial charge on any atom is -0.507 e. The summed E-state index contributed by atoms with van der Waals surface area (Å²) in [6.07, 6.45) is 24.5. The van der Waals surface area contributed by atoms with Gasteiger partial charge in [0.15, 0.2) is 0 Å². The number of hydrogen-bond acceptors (Lipinski definition) is 1. The fraction of sp³-hybridized carbons (Fsp3) is 0.786. The molecule has 0 heterocycles. The Kier molecular flexibility index (Phi) is 16.0. The summed E-state index contributed by atoms with van der Waals surface area (Å²) in [6.45, 7) is 6.79. The van der Waals surface area contributed by atoms with Crippen molar-refractivity contribution in [3.63, 3.8) is 0 Å². The first kappa shape index (κ1) is 26.1. The third kappa shape index (κ3) is 12.3. The summed E-state index contributed by atoms with van der Waals surface area (Å²) < 4.78 is 0. The van der Waals surface area contributed by atoms with E-state index in [-0.39, 0.29) is 0 Å². The lowest BCUT2D eigenvalue weighted by atomic mass is 9.94. The second kappa shape index (κ2) is 17.8. The molecule has 0 radical (unpaired) electrons. The molecule has 0 bridgehead atoms. The fourth-order valence-corrected chi connectivity index (χ4v) is 4.28. The van der Waals surface area contributed by atoms with Crippen LogP contribution < -0.4 is 0 Å². The van der Waals surface area contributed by atoms with Gasteiger partial charge in [-0.3, -0.25) is 0 Å². The summed E-state index contributed by atoms with van der Waals surface area (Å²) in [6, 6.07) is 4.62. The summed E-state index contributed by atoms with van der Waals surface area (Å²) in [5.41, 5.74) is 3.87.